The normalized spacial score (nSPS) is 11.8. The lowest BCUT2D eigenvalue weighted by Gasteiger charge is -2.21. The SMILES string of the molecule is COc1ccc(OC)c([C@H](C)NC(=O)CN(C)Cc2cc(Cl)ccc2OC)c1. The van der Waals surface area contributed by atoms with E-state index in [1.165, 1.54) is 0 Å². The van der Waals surface area contributed by atoms with Crippen LogP contribution in [0.15, 0.2) is 36.4 Å². The minimum Gasteiger partial charge on any atom is -0.497 e. The molecule has 1 atom stereocenters. The van der Waals surface area contributed by atoms with E-state index in [1.54, 1.807) is 27.4 Å². The third-order valence-corrected chi connectivity index (χ3v) is 4.61. The summed E-state index contributed by atoms with van der Waals surface area (Å²) in [5, 5.41) is 3.64. The predicted octanol–water partition coefficient (Wildman–Crippen LogP) is 3.68. The van der Waals surface area contributed by atoms with Crippen LogP contribution in [-0.2, 0) is 11.3 Å². The van der Waals surface area contributed by atoms with Crippen LogP contribution < -0.4 is 19.5 Å². The maximum Gasteiger partial charge on any atom is 0.234 e. The van der Waals surface area contributed by atoms with Gasteiger partial charge >= 0.3 is 0 Å². The van der Waals surface area contributed by atoms with Gasteiger partial charge in [-0.15, -0.1) is 0 Å². The van der Waals surface area contributed by atoms with Gasteiger partial charge in [0.15, 0.2) is 0 Å². The van der Waals surface area contributed by atoms with E-state index in [0.717, 1.165) is 16.9 Å². The van der Waals surface area contributed by atoms with Gasteiger partial charge in [-0.25, -0.2) is 0 Å². The second-order valence-electron chi connectivity index (χ2n) is 6.53. The highest BCUT2D eigenvalue weighted by molar-refractivity contribution is 6.30. The van der Waals surface area contributed by atoms with Crippen molar-refractivity contribution in [2.24, 2.45) is 0 Å². The number of methoxy groups -OCH3 is 3. The van der Waals surface area contributed by atoms with Gasteiger partial charge in [-0.3, -0.25) is 9.69 Å². The average Bonchev–Trinajstić information content (AvgIpc) is 2.67. The number of nitrogens with one attached hydrogen (secondary N) is 1. The topological polar surface area (TPSA) is 60.0 Å². The van der Waals surface area contributed by atoms with Gasteiger partial charge in [0, 0.05) is 22.7 Å². The zero-order valence-electron chi connectivity index (χ0n) is 16.9. The quantitative estimate of drug-likeness (QED) is 0.688. The molecule has 6 nitrogen and oxygen atoms in total. The Labute approximate surface area is 171 Å². The summed E-state index contributed by atoms with van der Waals surface area (Å²) in [6.45, 7) is 2.68. The van der Waals surface area contributed by atoms with Gasteiger partial charge in [0.2, 0.25) is 5.91 Å². The molecule has 1 amide bonds. The number of rotatable bonds is 9. The van der Waals surface area contributed by atoms with Gasteiger partial charge in [-0.05, 0) is 50.4 Å². The van der Waals surface area contributed by atoms with Crippen LogP contribution in [0.3, 0.4) is 0 Å². The molecule has 28 heavy (non-hydrogen) atoms. The van der Waals surface area contributed by atoms with E-state index in [9.17, 15) is 4.79 Å². The number of likely N-dealkylation sites (N-methyl/N-ethyl adjacent to an activating group) is 1. The van der Waals surface area contributed by atoms with E-state index >= 15 is 0 Å². The summed E-state index contributed by atoms with van der Waals surface area (Å²) in [5.74, 6) is 2.06. The van der Waals surface area contributed by atoms with Crippen molar-refractivity contribution < 1.29 is 19.0 Å². The van der Waals surface area contributed by atoms with E-state index in [0.29, 0.717) is 23.1 Å². The molecule has 2 aromatic rings. The van der Waals surface area contributed by atoms with Crippen LogP contribution in [0.25, 0.3) is 0 Å². The molecule has 2 rings (SSSR count). The monoisotopic (exact) mass is 406 g/mol. The summed E-state index contributed by atoms with van der Waals surface area (Å²) in [7, 11) is 6.69. The highest BCUT2D eigenvalue weighted by atomic mass is 35.5. The van der Waals surface area contributed by atoms with Crippen molar-refractivity contribution in [3.8, 4) is 17.2 Å². The standard InChI is InChI=1S/C21H27ClN2O4/c1-14(18-11-17(26-3)7-9-20(18)28-5)23-21(25)13-24(2)12-15-10-16(22)6-8-19(15)27-4/h6-11,14H,12-13H2,1-5H3,(H,23,25)/t14-/m0/s1. The molecule has 152 valence electrons. The Bertz CT molecular complexity index is 813. The molecule has 0 radical (unpaired) electrons. The summed E-state index contributed by atoms with van der Waals surface area (Å²) in [6.07, 6.45) is 0. The van der Waals surface area contributed by atoms with Crippen LogP contribution in [0.2, 0.25) is 5.02 Å². The summed E-state index contributed by atoms with van der Waals surface area (Å²) >= 11 is 6.08. The number of halogens is 1. The van der Waals surface area contributed by atoms with Gasteiger partial charge in [-0.1, -0.05) is 11.6 Å². The number of benzene rings is 2. The maximum absolute atomic E-state index is 12.5. The number of hydrogen-bond acceptors (Lipinski definition) is 5. The average molecular weight is 407 g/mol. The van der Waals surface area contributed by atoms with Gasteiger partial charge < -0.3 is 19.5 Å². The molecule has 0 saturated heterocycles. The van der Waals surface area contributed by atoms with Gasteiger partial charge in [-0.2, -0.15) is 0 Å². The number of carbonyl (C=O) groups is 1. The van der Waals surface area contributed by atoms with Gasteiger partial charge in [0.1, 0.15) is 17.2 Å². The largest absolute Gasteiger partial charge is 0.497 e. The van der Waals surface area contributed by atoms with Crippen LogP contribution >= 0.6 is 11.6 Å². The molecule has 1 N–H and O–H groups in total. The molecular formula is C21H27ClN2O4. The first-order valence-corrected chi connectivity index (χ1v) is 9.28. The molecule has 2 aromatic carbocycles. The summed E-state index contributed by atoms with van der Waals surface area (Å²) < 4.78 is 16.0. The van der Waals surface area contributed by atoms with Crippen molar-refractivity contribution in [2.45, 2.75) is 19.5 Å². The molecule has 0 spiro atoms. The molecule has 0 fully saturated rings. The third-order valence-electron chi connectivity index (χ3n) is 4.38. The Morgan fingerprint density at radius 1 is 1.07 bits per heavy atom. The first-order chi connectivity index (χ1) is 13.4. The van der Waals surface area contributed by atoms with Crippen molar-refractivity contribution in [2.75, 3.05) is 34.9 Å². The zero-order chi connectivity index (χ0) is 20.7. The fourth-order valence-corrected chi connectivity index (χ4v) is 3.20. The van der Waals surface area contributed by atoms with Crippen LogP contribution in [0.4, 0.5) is 0 Å². The second kappa shape index (κ2) is 10.2. The van der Waals surface area contributed by atoms with Crippen molar-refractivity contribution in [1.29, 1.82) is 0 Å². The van der Waals surface area contributed by atoms with E-state index < -0.39 is 0 Å². The van der Waals surface area contributed by atoms with E-state index in [1.807, 2.05) is 49.2 Å². The lowest BCUT2D eigenvalue weighted by molar-refractivity contribution is -0.122. The molecule has 7 heteroatoms. The van der Waals surface area contributed by atoms with Crippen molar-refractivity contribution in [1.82, 2.24) is 10.2 Å². The van der Waals surface area contributed by atoms with E-state index in [-0.39, 0.29) is 18.5 Å². The van der Waals surface area contributed by atoms with Gasteiger partial charge in [0.25, 0.3) is 0 Å². The molecule has 0 heterocycles. The number of hydrogen-bond donors (Lipinski definition) is 1. The molecule has 0 aromatic heterocycles. The fraction of sp³-hybridized carbons (Fsp3) is 0.381. The van der Waals surface area contributed by atoms with Crippen LogP contribution in [0.5, 0.6) is 17.2 Å². The van der Waals surface area contributed by atoms with Crippen molar-refractivity contribution in [3.05, 3.63) is 52.5 Å². The molecular weight excluding hydrogens is 380 g/mol. The van der Waals surface area contributed by atoms with Crippen molar-refractivity contribution >= 4 is 17.5 Å². The molecule has 0 aliphatic rings. The zero-order valence-corrected chi connectivity index (χ0v) is 17.7. The fourth-order valence-electron chi connectivity index (χ4n) is 3.01. The molecule has 0 aliphatic carbocycles. The van der Waals surface area contributed by atoms with Crippen molar-refractivity contribution in [3.63, 3.8) is 0 Å². The third kappa shape index (κ3) is 5.78. The Hall–Kier alpha value is -2.44. The molecule has 0 bridgehead atoms. The Morgan fingerprint density at radius 3 is 2.39 bits per heavy atom. The molecule has 0 saturated carbocycles. The first-order valence-electron chi connectivity index (χ1n) is 8.90. The lowest BCUT2D eigenvalue weighted by Crippen LogP contribution is -2.36. The summed E-state index contributed by atoms with van der Waals surface area (Å²) in [4.78, 5) is 14.4. The second-order valence-corrected chi connectivity index (χ2v) is 6.96. The molecule has 0 unspecified atom stereocenters. The highest BCUT2D eigenvalue weighted by Crippen LogP contribution is 2.29. The Balaban J connectivity index is 2.01. The van der Waals surface area contributed by atoms with E-state index in [2.05, 4.69) is 5.32 Å². The van der Waals surface area contributed by atoms with Gasteiger partial charge in [0.05, 0.1) is 33.9 Å². The number of nitrogens with zero attached hydrogens (tertiary/aromatic N) is 1. The first kappa shape index (κ1) is 21.9. The lowest BCUT2D eigenvalue weighted by atomic mass is 10.1. The number of amides is 1. The summed E-state index contributed by atoms with van der Waals surface area (Å²) in [6, 6.07) is 10.7. The molecule has 0 aliphatic heterocycles. The predicted molar refractivity (Wildman–Crippen MR) is 110 cm³/mol. The van der Waals surface area contributed by atoms with E-state index in [4.69, 9.17) is 25.8 Å². The minimum atomic E-state index is -0.230. The number of carbonyl (C=O) groups excluding carboxylic acids is 1. The highest BCUT2D eigenvalue weighted by Gasteiger charge is 2.17. The number of ether oxygens (including phenoxy) is 3. The summed E-state index contributed by atoms with van der Waals surface area (Å²) in [5.41, 5.74) is 1.78. The van der Waals surface area contributed by atoms with Crippen LogP contribution in [-0.4, -0.2) is 45.7 Å². The maximum atomic E-state index is 12.5. The Morgan fingerprint density at radius 2 is 1.75 bits per heavy atom. The minimum absolute atomic E-state index is 0.0964. The Kier molecular flexibility index (Phi) is 7.96. The smallest absolute Gasteiger partial charge is 0.234 e. The van der Waals surface area contributed by atoms with Crippen LogP contribution in [0.1, 0.15) is 24.1 Å². The van der Waals surface area contributed by atoms with Crippen LogP contribution in [0, 0.1) is 0 Å².